The zero-order valence-electron chi connectivity index (χ0n) is 19.2. The first-order valence-electron chi connectivity index (χ1n) is 11.8. The normalized spacial score (nSPS) is 24.4. The molecule has 6 nitrogen and oxygen atoms in total. The lowest BCUT2D eigenvalue weighted by Crippen LogP contribution is -2.54. The summed E-state index contributed by atoms with van der Waals surface area (Å²) in [5.41, 5.74) is 3.01. The van der Waals surface area contributed by atoms with E-state index in [1.807, 2.05) is 12.1 Å². The number of hydrogen-bond acceptors (Lipinski definition) is 4. The summed E-state index contributed by atoms with van der Waals surface area (Å²) in [5, 5.41) is 6.98. The number of hydrogen-bond donors (Lipinski definition) is 2. The van der Waals surface area contributed by atoms with Gasteiger partial charge in [0.25, 0.3) is 0 Å². The van der Waals surface area contributed by atoms with Crippen molar-refractivity contribution in [2.24, 2.45) is 11.8 Å². The Kier molecular flexibility index (Phi) is 8.84. The van der Waals surface area contributed by atoms with E-state index in [1.165, 1.54) is 12.8 Å². The Morgan fingerprint density at radius 2 is 1.91 bits per heavy atom. The highest BCUT2D eigenvalue weighted by atomic mass is 35.5. The van der Waals surface area contributed by atoms with Crippen molar-refractivity contribution in [3.05, 3.63) is 28.3 Å². The van der Waals surface area contributed by atoms with Gasteiger partial charge < -0.3 is 15.5 Å². The molecule has 0 radical (unpaired) electrons. The molecule has 0 unspecified atom stereocenters. The highest BCUT2D eigenvalue weighted by Crippen LogP contribution is 2.30. The van der Waals surface area contributed by atoms with Crippen LogP contribution in [0, 0.1) is 18.8 Å². The molecule has 2 N–H and O–H groups in total. The molecule has 0 bridgehead atoms. The van der Waals surface area contributed by atoms with E-state index in [2.05, 4.69) is 34.3 Å². The maximum Gasteiger partial charge on any atom is 0.228 e. The molecule has 0 aromatic heterocycles. The highest BCUT2D eigenvalue weighted by Gasteiger charge is 2.33. The minimum absolute atomic E-state index is 0. The van der Waals surface area contributed by atoms with Gasteiger partial charge in [0, 0.05) is 55.4 Å². The Balaban J connectivity index is 0.00000289. The highest BCUT2D eigenvalue weighted by molar-refractivity contribution is 6.31. The van der Waals surface area contributed by atoms with E-state index in [1.54, 1.807) is 0 Å². The molecule has 4 rings (SSSR count). The van der Waals surface area contributed by atoms with E-state index in [0.29, 0.717) is 10.9 Å². The number of carbonyl (C=O) groups is 2. The van der Waals surface area contributed by atoms with Crippen LogP contribution < -0.4 is 10.6 Å². The monoisotopic (exact) mass is 482 g/mol. The maximum absolute atomic E-state index is 12.9. The van der Waals surface area contributed by atoms with Gasteiger partial charge in [-0.1, -0.05) is 24.4 Å². The van der Waals surface area contributed by atoms with Gasteiger partial charge in [0.05, 0.1) is 5.92 Å². The molecule has 1 saturated carbocycles. The van der Waals surface area contributed by atoms with Crippen molar-refractivity contribution in [1.82, 2.24) is 15.1 Å². The van der Waals surface area contributed by atoms with Crippen molar-refractivity contribution in [1.29, 1.82) is 0 Å². The Bertz CT molecular complexity index is 822. The molecule has 1 aromatic carbocycles. The predicted octanol–water partition coefficient (Wildman–Crippen LogP) is 3.84. The quantitative estimate of drug-likeness (QED) is 0.668. The van der Waals surface area contributed by atoms with Crippen LogP contribution in [-0.2, 0) is 16.1 Å². The lowest BCUT2D eigenvalue weighted by molar-refractivity contribution is -0.140. The van der Waals surface area contributed by atoms with E-state index < -0.39 is 0 Å². The van der Waals surface area contributed by atoms with Crippen LogP contribution >= 0.6 is 24.0 Å². The van der Waals surface area contributed by atoms with Crippen molar-refractivity contribution in [3.8, 4) is 0 Å². The van der Waals surface area contributed by atoms with Gasteiger partial charge in [0.1, 0.15) is 0 Å². The lowest BCUT2D eigenvalue weighted by atomic mass is 10.0. The molecule has 2 saturated heterocycles. The molecule has 2 atom stereocenters. The maximum atomic E-state index is 12.9. The molecule has 3 aliphatic rings. The largest absolute Gasteiger partial charge is 0.337 e. The summed E-state index contributed by atoms with van der Waals surface area (Å²) < 4.78 is 0. The van der Waals surface area contributed by atoms with Crippen molar-refractivity contribution in [2.45, 2.75) is 58.5 Å². The zero-order chi connectivity index (χ0) is 22.0. The predicted molar refractivity (Wildman–Crippen MR) is 131 cm³/mol. The second-order valence-corrected chi connectivity index (χ2v) is 9.95. The number of benzene rings is 1. The number of anilines is 1. The Hall–Kier alpha value is -1.34. The summed E-state index contributed by atoms with van der Waals surface area (Å²) in [4.78, 5) is 30.0. The van der Waals surface area contributed by atoms with Gasteiger partial charge in [-0.05, 0) is 62.9 Å². The van der Waals surface area contributed by atoms with E-state index in [4.69, 9.17) is 11.6 Å². The summed E-state index contributed by atoms with van der Waals surface area (Å²) in [6.45, 7) is 9.13. The second kappa shape index (κ2) is 11.2. The minimum Gasteiger partial charge on any atom is -0.337 e. The van der Waals surface area contributed by atoms with E-state index in [0.717, 1.165) is 75.3 Å². The number of nitrogens with one attached hydrogen (secondary N) is 2. The van der Waals surface area contributed by atoms with E-state index >= 15 is 0 Å². The van der Waals surface area contributed by atoms with Crippen molar-refractivity contribution in [2.75, 3.05) is 38.0 Å². The van der Waals surface area contributed by atoms with E-state index in [9.17, 15) is 9.59 Å². The smallest absolute Gasteiger partial charge is 0.228 e. The van der Waals surface area contributed by atoms with Crippen molar-refractivity contribution < 1.29 is 9.59 Å². The standard InChI is InChI=1S/C24H35ClN4O2.ClH/c1-16-14-28(9-10-29(16)24(31)18-5-3-4-6-18)15-20-11-21(25)12-22(17(20)2)27-23(30)19-7-8-26-13-19;/h11-12,16,18-19,26H,3-10,13-15H2,1-2H3,(H,27,30);1H/t16-,19-;/m0./s1. The lowest BCUT2D eigenvalue weighted by Gasteiger charge is -2.41. The van der Waals surface area contributed by atoms with Gasteiger partial charge >= 0.3 is 0 Å². The number of piperazine rings is 1. The van der Waals surface area contributed by atoms with Crippen LogP contribution in [0.2, 0.25) is 5.02 Å². The average molecular weight is 483 g/mol. The van der Waals surface area contributed by atoms with Gasteiger partial charge in [-0.2, -0.15) is 0 Å². The number of halogens is 2. The minimum atomic E-state index is 0. The summed E-state index contributed by atoms with van der Waals surface area (Å²) in [7, 11) is 0. The molecule has 2 aliphatic heterocycles. The van der Waals surface area contributed by atoms with Gasteiger partial charge in [-0.25, -0.2) is 0 Å². The molecule has 178 valence electrons. The van der Waals surface area contributed by atoms with Crippen molar-refractivity contribution in [3.63, 3.8) is 0 Å². The molecule has 1 aromatic rings. The van der Waals surface area contributed by atoms with Gasteiger partial charge in [0.2, 0.25) is 11.8 Å². The third-order valence-corrected chi connectivity index (χ3v) is 7.48. The number of carbonyl (C=O) groups excluding carboxylic acids is 2. The molecule has 3 fully saturated rings. The van der Waals surface area contributed by atoms with Crippen LogP contribution in [0.15, 0.2) is 12.1 Å². The van der Waals surface area contributed by atoms with Crippen LogP contribution in [0.4, 0.5) is 5.69 Å². The molecular formula is C24H36Cl2N4O2. The first kappa shape index (κ1) is 25.3. The first-order chi connectivity index (χ1) is 14.9. The summed E-state index contributed by atoms with van der Waals surface area (Å²) in [6, 6.07) is 4.07. The fourth-order valence-corrected chi connectivity index (χ4v) is 5.54. The number of nitrogens with zero attached hydrogens (tertiary/aromatic N) is 2. The molecule has 32 heavy (non-hydrogen) atoms. The Labute approximate surface area is 202 Å². The van der Waals surface area contributed by atoms with Gasteiger partial charge in [-0.3, -0.25) is 14.5 Å². The van der Waals surface area contributed by atoms with Crippen LogP contribution in [0.3, 0.4) is 0 Å². The molecule has 8 heteroatoms. The molecule has 1 aliphatic carbocycles. The summed E-state index contributed by atoms with van der Waals surface area (Å²) in [6.07, 6.45) is 5.36. The van der Waals surface area contributed by atoms with E-state index in [-0.39, 0.29) is 36.2 Å². The average Bonchev–Trinajstić information content (AvgIpc) is 3.45. The van der Waals surface area contributed by atoms with Crippen molar-refractivity contribution >= 4 is 41.5 Å². The van der Waals surface area contributed by atoms with Crippen LogP contribution in [0.1, 0.15) is 50.2 Å². The Morgan fingerprint density at radius 1 is 1.16 bits per heavy atom. The zero-order valence-corrected chi connectivity index (χ0v) is 20.7. The molecule has 2 heterocycles. The van der Waals surface area contributed by atoms with Crippen LogP contribution in [-0.4, -0.2) is 60.4 Å². The Morgan fingerprint density at radius 3 is 2.56 bits per heavy atom. The van der Waals surface area contributed by atoms with Gasteiger partial charge in [-0.15, -0.1) is 12.4 Å². The number of amides is 2. The fourth-order valence-electron chi connectivity index (χ4n) is 5.30. The molecule has 2 amide bonds. The fraction of sp³-hybridized carbons (Fsp3) is 0.667. The SMILES string of the molecule is Cc1c(CN2CCN(C(=O)C3CCCC3)[C@@H](C)C2)cc(Cl)cc1NC(=O)[C@H]1CCNC1.Cl. The first-order valence-corrected chi connectivity index (χ1v) is 12.1. The topological polar surface area (TPSA) is 64.7 Å². The third-order valence-electron chi connectivity index (χ3n) is 7.26. The third kappa shape index (κ3) is 5.77. The summed E-state index contributed by atoms with van der Waals surface area (Å²) in [5.74, 6) is 0.683. The number of rotatable bonds is 5. The molecular weight excluding hydrogens is 447 g/mol. The summed E-state index contributed by atoms with van der Waals surface area (Å²) >= 11 is 6.41. The van der Waals surface area contributed by atoms with Gasteiger partial charge in [0.15, 0.2) is 0 Å². The molecule has 0 spiro atoms. The van der Waals surface area contributed by atoms with Crippen LogP contribution in [0.5, 0.6) is 0 Å². The van der Waals surface area contributed by atoms with Crippen LogP contribution in [0.25, 0.3) is 0 Å². The second-order valence-electron chi connectivity index (χ2n) is 9.51.